The van der Waals surface area contributed by atoms with E-state index >= 15 is 0 Å². The highest BCUT2D eigenvalue weighted by atomic mass is 32.2. The SMILES string of the molecule is Cc1cc(F)c(S(=O)(=O)NCc2nccn2C)cc1N. The predicted octanol–water partition coefficient (Wildman–Crippen LogP) is 0.928. The molecule has 1 aromatic carbocycles. The van der Waals surface area contributed by atoms with Crippen LogP contribution in [0.15, 0.2) is 29.4 Å². The first-order valence-electron chi connectivity index (χ1n) is 5.83. The molecule has 1 aromatic heterocycles. The van der Waals surface area contributed by atoms with Crippen LogP contribution in [0.5, 0.6) is 0 Å². The van der Waals surface area contributed by atoms with Crippen molar-refractivity contribution in [2.75, 3.05) is 5.73 Å². The van der Waals surface area contributed by atoms with Crippen LogP contribution in [0.1, 0.15) is 11.4 Å². The van der Waals surface area contributed by atoms with Crippen molar-refractivity contribution in [2.45, 2.75) is 18.4 Å². The van der Waals surface area contributed by atoms with Crippen LogP contribution in [0.3, 0.4) is 0 Å². The van der Waals surface area contributed by atoms with E-state index < -0.39 is 20.7 Å². The Morgan fingerprint density at radius 2 is 2.15 bits per heavy atom. The van der Waals surface area contributed by atoms with Crippen LogP contribution in [0.2, 0.25) is 0 Å². The van der Waals surface area contributed by atoms with Gasteiger partial charge in [-0.25, -0.2) is 22.5 Å². The number of nitrogen functional groups attached to an aromatic ring is 1. The number of sulfonamides is 1. The lowest BCUT2D eigenvalue weighted by Gasteiger charge is -2.10. The molecule has 1 heterocycles. The molecule has 8 heteroatoms. The fourth-order valence-corrected chi connectivity index (χ4v) is 2.75. The summed E-state index contributed by atoms with van der Waals surface area (Å²) in [6.45, 7) is 1.58. The van der Waals surface area contributed by atoms with Gasteiger partial charge in [0, 0.05) is 25.1 Å². The van der Waals surface area contributed by atoms with Crippen molar-refractivity contribution in [1.29, 1.82) is 0 Å². The third-order valence-corrected chi connectivity index (χ3v) is 4.37. The molecule has 2 aromatic rings. The Hall–Kier alpha value is -1.93. The van der Waals surface area contributed by atoms with Gasteiger partial charge in [-0.15, -0.1) is 0 Å². The zero-order chi connectivity index (χ0) is 14.9. The molecule has 108 valence electrons. The van der Waals surface area contributed by atoms with Crippen molar-refractivity contribution in [3.63, 3.8) is 0 Å². The van der Waals surface area contributed by atoms with E-state index in [1.165, 1.54) is 0 Å². The highest BCUT2D eigenvalue weighted by Gasteiger charge is 2.20. The smallest absolute Gasteiger partial charge is 0.243 e. The van der Waals surface area contributed by atoms with E-state index in [0.717, 1.165) is 12.1 Å². The lowest BCUT2D eigenvalue weighted by Crippen LogP contribution is -2.25. The van der Waals surface area contributed by atoms with Crippen LogP contribution < -0.4 is 10.5 Å². The first kappa shape index (κ1) is 14.5. The fraction of sp³-hybridized carbons (Fsp3) is 0.250. The summed E-state index contributed by atoms with van der Waals surface area (Å²) >= 11 is 0. The highest BCUT2D eigenvalue weighted by Crippen LogP contribution is 2.21. The van der Waals surface area contributed by atoms with Crippen molar-refractivity contribution < 1.29 is 12.8 Å². The summed E-state index contributed by atoms with van der Waals surface area (Å²) in [6, 6.07) is 2.22. The molecule has 0 aliphatic carbocycles. The number of benzene rings is 1. The Morgan fingerprint density at radius 1 is 1.45 bits per heavy atom. The van der Waals surface area contributed by atoms with Crippen molar-refractivity contribution in [3.05, 3.63) is 41.7 Å². The first-order chi connectivity index (χ1) is 9.31. The maximum absolute atomic E-state index is 13.8. The summed E-state index contributed by atoms with van der Waals surface area (Å²) in [6.07, 6.45) is 3.24. The Balaban J connectivity index is 2.27. The summed E-state index contributed by atoms with van der Waals surface area (Å²) in [5.74, 6) is -0.307. The molecular formula is C12H15FN4O2S. The van der Waals surface area contributed by atoms with Crippen LogP contribution in [0.4, 0.5) is 10.1 Å². The van der Waals surface area contributed by atoms with Crippen molar-refractivity contribution >= 4 is 15.7 Å². The molecular weight excluding hydrogens is 283 g/mol. The number of aromatic nitrogens is 2. The van der Waals surface area contributed by atoms with Gasteiger partial charge in [0.1, 0.15) is 16.5 Å². The molecule has 0 radical (unpaired) electrons. The van der Waals surface area contributed by atoms with Crippen LogP contribution in [0.25, 0.3) is 0 Å². The normalized spacial score (nSPS) is 11.8. The number of imidazole rings is 1. The van der Waals surface area contributed by atoms with E-state index in [9.17, 15) is 12.8 Å². The van der Waals surface area contributed by atoms with Crippen LogP contribution in [-0.4, -0.2) is 18.0 Å². The van der Waals surface area contributed by atoms with Gasteiger partial charge in [0.2, 0.25) is 10.0 Å². The third-order valence-electron chi connectivity index (χ3n) is 2.95. The number of nitrogens with one attached hydrogen (secondary N) is 1. The van der Waals surface area contributed by atoms with Crippen LogP contribution in [0, 0.1) is 12.7 Å². The van der Waals surface area contributed by atoms with E-state index in [1.807, 2.05) is 0 Å². The number of hydrogen-bond acceptors (Lipinski definition) is 4. The average molecular weight is 298 g/mol. The molecule has 0 amide bonds. The molecule has 0 fully saturated rings. The minimum atomic E-state index is -3.98. The van der Waals surface area contributed by atoms with Gasteiger partial charge in [0.25, 0.3) is 0 Å². The third kappa shape index (κ3) is 2.81. The maximum atomic E-state index is 13.8. The van der Waals surface area contributed by atoms with Crippen LogP contribution >= 0.6 is 0 Å². The first-order valence-corrected chi connectivity index (χ1v) is 7.31. The zero-order valence-corrected chi connectivity index (χ0v) is 11.9. The summed E-state index contributed by atoms with van der Waals surface area (Å²) in [5, 5.41) is 0. The Bertz CT molecular complexity index is 740. The molecule has 0 aliphatic heterocycles. The second kappa shape index (κ2) is 5.22. The molecule has 0 aliphatic rings. The standard InChI is InChI=1S/C12H15FN4O2S/c1-8-5-9(13)11(6-10(8)14)20(18,19)16-7-12-15-3-4-17(12)2/h3-6,16H,7,14H2,1-2H3. The van der Waals surface area contributed by atoms with Gasteiger partial charge in [0.05, 0.1) is 6.54 Å². The lowest BCUT2D eigenvalue weighted by atomic mass is 10.2. The Morgan fingerprint density at radius 3 is 2.75 bits per heavy atom. The van der Waals surface area contributed by atoms with E-state index in [0.29, 0.717) is 11.4 Å². The second-order valence-electron chi connectivity index (χ2n) is 4.42. The fourth-order valence-electron chi connectivity index (χ4n) is 1.68. The van der Waals surface area contributed by atoms with Gasteiger partial charge in [0.15, 0.2) is 0 Å². The van der Waals surface area contributed by atoms with E-state index in [1.54, 1.807) is 30.9 Å². The average Bonchev–Trinajstić information content (AvgIpc) is 2.77. The molecule has 0 unspecified atom stereocenters. The van der Waals surface area contributed by atoms with Crippen LogP contribution in [-0.2, 0) is 23.6 Å². The van der Waals surface area contributed by atoms with Crippen molar-refractivity contribution in [2.24, 2.45) is 7.05 Å². The van der Waals surface area contributed by atoms with Crippen molar-refractivity contribution in [1.82, 2.24) is 14.3 Å². The predicted molar refractivity (Wildman–Crippen MR) is 72.8 cm³/mol. The number of hydrogen-bond donors (Lipinski definition) is 2. The molecule has 6 nitrogen and oxygen atoms in total. The van der Waals surface area contributed by atoms with Gasteiger partial charge >= 0.3 is 0 Å². The monoisotopic (exact) mass is 298 g/mol. The Labute approximate surface area is 116 Å². The topological polar surface area (TPSA) is 90.0 Å². The van der Waals surface area contributed by atoms with Gasteiger partial charge in [-0.2, -0.15) is 0 Å². The lowest BCUT2D eigenvalue weighted by molar-refractivity contribution is 0.554. The number of rotatable bonds is 4. The van der Waals surface area contributed by atoms with E-state index in [-0.39, 0.29) is 12.2 Å². The molecule has 0 saturated heterocycles. The summed E-state index contributed by atoms with van der Waals surface area (Å²) in [5.41, 5.74) is 6.34. The largest absolute Gasteiger partial charge is 0.398 e. The number of nitrogens with zero attached hydrogens (tertiary/aromatic N) is 2. The molecule has 2 rings (SSSR count). The summed E-state index contributed by atoms with van der Waals surface area (Å²) < 4.78 is 41.9. The number of nitrogens with two attached hydrogens (primary N) is 1. The molecule has 3 N–H and O–H groups in total. The van der Waals surface area contributed by atoms with Crippen molar-refractivity contribution in [3.8, 4) is 0 Å². The summed E-state index contributed by atoms with van der Waals surface area (Å²) in [4.78, 5) is 3.52. The molecule has 0 spiro atoms. The summed E-state index contributed by atoms with van der Waals surface area (Å²) in [7, 11) is -2.24. The zero-order valence-electron chi connectivity index (χ0n) is 11.1. The number of anilines is 1. The van der Waals surface area contributed by atoms with Gasteiger partial charge in [-0.3, -0.25) is 0 Å². The maximum Gasteiger partial charge on any atom is 0.243 e. The van der Waals surface area contributed by atoms with Gasteiger partial charge in [-0.05, 0) is 24.6 Å². The Kier molecular flexibility index (Phi) is 3.78. The van der Waals surface area contributed by atoms with E-state index in [4.69, 9.17) is 5.73 Å². The molecule has 0 atom stereocenters. The minimum absolute atomic E-state index is 0.0287. The minimum Gasteiger partial charge on any atom is -0.398 e. The second-order valence-corrected chi connectivity index (χ2v) is 6.15. The van der Waals surface area contributed by atoms with Gasteiger partial charge < -0.3 is 10.3 Å². The number of aryl methyl sites for hydroxylation is 2. The van der Waals surface area contributed by atoms with Gasteiger partial charge in [-0.1, -0.05) is 0 Å². The molecule has 20 heavy (non-hydrogen) atoms. The highest BCUT2D eigenvalue weighted by molar-refractivity contribution is 7.89. The molecule has 0 bridgehead atoms. The number of halogens is 1. The quantitative estimate of drug-likeness (QED) is 0.822. The molecule has 0 saturated carbocycles. The van der Waals surface area contributed by atoms with E-state index in [2.05, 4.69) is 9.71 Å².